The number of hydrogen-bond acceptors (Lipinski definition) is 4. The Kier molecular flexibility index (Phi) is 6.26. The van der Waals surface area contributed by atoms with Crippen LogP contribution in [0.15, 0.2) is 24.3 Å². The number of aliphatic hydroxyl groups is 1. The lowest BCUT2D eigenvalue weighted by atomic mass is 10.2. The van der Waals surface area contributed by atoms with Gasteiger partial charge in [-0.1, -0.05) is 19.1 Å². The van der Waals surface area contributed by atoms with Gasteiger partial charge in [-0.05, 0) is 18.6 Å². The largest absolute Gasteiger partial charge is 0.396 e. The fraction of sp³-hybridized carbons (Fsp3) is 0.385. The molecule has 0 aromatic heterocycles. The second-order valence-electron chi connectivity index (χ2n) is 3.84. The van der Waals surface area contributed by atoms with Crippen LogP contribution in [0.2, 0.25) is 0 Å². The van der Waals surface area contributed by atoms with Gasteiger partial charge in [-0.2, -0.15) is 5.26 Å². The lowest BCUT2D eigenvalue weighted by Crippen LogP contribution is -2.16. The molecule has 5 heteroatoms. The van der Waals surface area contributed by atoms with E-state index in [4.69, 9.17) is 10.4 Å². The summed E-state index contributed by atoms with van der Waals surface area (Å²) in [6.45, 7) is 2.10. The van der Waals surface area contributed by atoms with Crippen molar-refractivity contribution < 1.29 is 9.90 Å². The average Bonchev–Trinajstić information content (AvgIpc) is 2.37. The summed E-state index contributed by atoms with van der Waals surface area (Å²) in [4.78, 5) is 11.7. The number of carbonyl (C=O) groups excluding carboxylic acids is 1. The number of anilines is 1. The molecule has 0 saturated heterocycles. The minimum atomic E-state index is -0.132. The van der Waals surface area contributed by atoms with Gasteiger partial charge in [-0.25, -0.2) is 0 Å². The highest BCUT2D eigenvalue weighted by molar-refractivity contribution is 8.00. The molecular weight excluding hydrogens is 248 g/mol. The number of thioether (sulfide) groups is 1. The Balaban J connectivity index is 2.48. The maximum absolute atomic E-state index is 11.7. The summed E-state index contributed by atoms with van der Waals surface area (Å²) in [6.07, 6.45) is 0.673. The van der Waals surface area contributed by atoms with Crippen molar-refractivity contribution in [3.8, 4) is 6.07 Å². The highest BCUT2D eigenvalue weighted by Gasteiger charge is 2.09. The number of hydrogen-bond donors (Lipinski definition) is 2. The lowest BCUT2D eigenvalue weighted by Gasteiger charge is -2.10. The molecule has 4 nitrogen and oxygen atoms in total. The first kappa shape index (κ1) is 14.6. The number of benzene rings is 1. The third-order valence-corrected chi connectivity index (χ3v) is 3.59. The summed E-state index contributed by atoms with van der Waals surface area (Å²) < 4.78 is 0. The van der Waals surface area contributed by atoms with Gasteiger partial charge in [-0.3, -0.25) is 4.79 Å². The van der Waals surface area contributed by atoms with Gasteiger partial charge >= 0.3 is 0 Å². The summed E-state index contributed by atoms with van der Waals surface area (Å²) in [5, 5.41) is 20.6. The maximum atomic E-state index is 11.7. The topological polar surface area (TPSA) is 73.1 Å². The van der Waals surface area contributed by atoms with Crippen molar-refractivity contribution in [2.24, 2.45) is 0 Å². The predicted octanol–water partition coefficient (Wildman–Crippen LogP) is 2.00. The van der Waals surface area contributed by atoms with Gasteiger partial charge in [0.05, 0.1) is 17.0 Å². The van der Waals surface area contributed by atoms with Gasteiger partial charge in [0.25, 0.3) is 0 Å². The molecular formula is C13H16N2O2S. The minimum absolute atomic E-state index is 0.132. The van der Waals surface area contributed by atoms with Gasteiger partial charge in [0, 0.05) is 11.9 Å². The Morgan fingerprint density at radius 2 is 2.28 bits per heavy atom. The van der Waals surface area contributed by atoms with E-state index < -0.39 is 0 Å². The van der Waals surface area contributed by atoms with Gasteiger partial charge < -0.3 is 10.4 Å². The van der Waals surface area contributed by atoms with E-state index in [-0.39, 0.29) is 17.8 Å². The second-order valence-corrected chi connectivity index (χ2v) is 5.27. The predicted molar refractivity (Wildman–Crippen MR) is 73.4 cm³/mol. The second kappa shape index (κ2) is 7.75. The van der Waals surface area contributed by atoms with E-state index in [1.807, 2.05) is 13.0 Å². The molecule has 1 unspecified atom stereocenters. The van der Waals surface area contributed by atoms with Crippen LogP contribution in [0.25, 0.3) is 0 Å². The van der Waals surface area contributed by atoms with E-state index in [2.05, 4.69) is 5.32 Å². The van der Waals surface area contributed by atoms with E-state index in [1.54, 1.807) is 24.3 Å². The Labute approximate surface area is 111 Å². The summed E-state index contributed by atoms with van der Waals surface area (Å²) >= 11 is 1.49. The smallest absolute Gasteiger partial charge is 0.234 e. The Hall–Kier alpha value is -1.51. The van der Waals surface area contributed by atoms with E-state index in [0.29, 0.717) is 23.4 Å². The van der Waals surface area contributed by atoms with Crippen LogP contribution in [0.1, 0.15) is 18.9 Å². The molecule has 1 amide bonds. The van der Waals surface area contributed by atoms with Gasteiger partial charge in [0.1, 0.15) is 6.07 Å². The van der Waals surface area contributed by atoms with E-state index in [0.717, 1.165) is 0 Å². The molecule has 0 aliphatic rings. The van der Waals surface area contributed by atoms with Crippen LogP contribution >= 0.6 is 11.8 Å². The molecule has 1 aromatic rings. The van der Waals surface area contributed by atoms with Crippen LogP contribution in [0.3, 0.4) is 0 Å². The molecule has 1 rings (SSSR count). The van der Waals surface area contributed by atoms with Crippen molar-refractivity contribution in [3.05, 3.63) is 29.8 Å². The highest BCUT2D eigenvalue weighted by atomic mass is 32.2. The van der Waals surface area contributed by atoms with Gasteiger partial charge in [0.15, 0.2) is 0 Å². The standard InChI is InChI=1S/C13H16N2O2S/c1-10(6-7-16)18-9-13(17)15-12-5-3-2-4-11(12)8-14/h2-5,10,16H,6-7,9H2,1H3,(H,15,17). The summed E-state index contributed by atoms with van der Waals surface area (Å²) in [5.74, 6) is 0.188. The molecule has 2 N–H and O–H groups in total. The quantitative estimate of drug-likeness (QED) is 0.824. The fourth-order valence-corrected chi connectivity index (χ4v) is 2.14. The van der Waals surface area contributed by atoms with E-state index in [1.165, 1.54) is 11.8 Å². The monoisotopic (exact) mass is 264 g/mol. The molecule has 0 fully saturated rings. The third kappa shape index (κ3) is 4.78. The first-order valence-electron chi connectivity index (χ1n) is 5.68. The molecule has 0 aliphatic carbocycles. The van der Waals surface area contributed by atoms with Crippen LogP contribution in [0.4, 0.5) is 5.69 Å². The van der Waals surface area contributed by atoms with Crippen molar-refractivity contribution in [2.45, 2.75) is 18.6 Å². The third-order valence-electron chi connectivity index (χ3n) is 2.36. The maximum Gasteiger partial charge on any atom is 0.234 e. The van der Waals surface area contributed by atoms with Gasteiger partial charge in [0.2, 0.25) is 5.91 Å². The molecule has 96 valence electrons. The van der Waals surface area contributed by atoms with Crippen LogP contribution < -0.4 is 5.32 Å². The zero-order valence-corrected chi connectivity index (χ0v) is 11.0. The van der Waals surface area contributed by atoms with Crippen molar-refractivity contribution in [2.75, 3.05) is 17.7 Å². The number of nitrogens with zero attached hydrogens (tertiary/aromatic N) is 1. The van der Waals surface area contributed by atoms with Crippen molar-refractivity contribution in [1.82, 2.24) is 0 Å². The molecule has 0 bridgehead atoms. The molecule has 18 heavy (non-hydrogen) atoms. The average molecular weight is 264 g/mol. The number of nitriles is 1. The van der Waals surface area contributed by atoms with Crippen molar-refractivity contribution in [3.63, 3.8) is 0 Å². The van der Waals surface area contributed by atoms with Crippen LogP contribution in [-0.4, -0.2) is 28.6 Å². The van der Waals surface area contributed by atoms with Crippen molar-refractivity contribution >= 4 is 23.4 Å². The molecule has 1 atom stereocenters. The first-order valence-corrected chi connectivity index (χ1v) is 6.73. The number of nitrogens with one attached hydrogen (secondary N) is 1. The fourth-order valence-electron chi connectivity index (χ4n) is 1.36. The summed E-state index contributed by atoms with van der Waals surface area (Å²) in [5.41, 5.74) is 1.000. The normalized spacial score (nSPS) is 11.6. The number of amides is 1. The Morgan fingerprint density at radius 1 is 1.56 bits per heavy atom. The zero-order chi connectivity index (χ0) is 13.4. The number of para-hydroxylation sites is 1. The molecule has 0 heterocycles. The van der Waals surface area contributed by atoms with Crippen molar-refractivity contribution in [1.29, 1.82) is 5.26 Å². The molecule has 0 aliphatic heterocycles. The zero-order valence-electron chi connectivity index (χ0n) is 10.2. The van der Waals surface area contributed by atoms with Crippen LogP contribution in [0.5, 0.6) is 0 Å². The SMILES string of the molecule is CC(CCO)SCC(=O)Nc1ccccc1C#N. The number of rotatable bonds is 6. The number of carbonyl (C=O) groups is 1. The minimum Gasteiger partial charge on any atom is -0.396 e. The van der Waals surface area contributed by atoms with E-state index in [9.17, 15) is 4.79 Å². The number of aliphatic hydroxyl groups excluding tert-OH is 1. The lowest BCUT2D eigenvalue weighted by molar-refractivity contribution is -0.113. The highest BCUT2D eigenvalue weighted by Crippen LogP contribution is 2.16. The Bertz CT molecular complexity index is 443. The van der Waals surface area contributed by atoms with Crippen LogP contribution in [-0.2, 0) is 4.79 Å². The summed E-state index contributed by atoms with van der Waals surface area (Å²) in [6, 6.07) is 8.93. The summed E-state index contributed by atoms with van der Waals surface area (Å²) in [7, 11) is 0. The van der Waals surface area contributed by atoms with Gasteiger partial charge in [-0.15, -0.1) is 11.8 Å². The first-order chi connectivity index (χ1) is 8.67. The van der Waals surface area contributed by atoms with Crippen LogP contribution in [0, 0.1) is 11.3 Å². The molecule has 0 radical (unpaired) electrons. The molecule has 0 spiro atoms. The Morgan fingerprint density at radius 3 is 2.94 bits per heavy atom. The molecule has 0 saturated carbocycles. The molecule has 1 aromatic carbocycles. The van der Waals surface area contributed by atoms with E-state index >= 15 is 0 Å².